The van der Waals surface area contributed by atoms with Gasteiger partial charge in [-0.2, -0.15) is 0 Å². The lowest BCUT2D eigenvalue weighted by Crippen LogP contribution is -2.08. The highest BCUT2D eigenvalue weighted by atomic mass is 32.2. The molecule has 0 radical (unpaired) electrons. The Balaban J connectivity index is 2.38. The predicted octanol–water partition coefficient (Wildman–Crippen LogP) is 1.01. The van der Waals surface area contributed by atoms with Gasteiger partial charge in [0.1, 0.15) is 5.82 Å². The van der Waals surface area contributed by atoms with Gasteiger partial charge < -0.3 is 15.4 Å². The molecule has 0 fully saturated rings. The van der Waals surface area contributed by atoms with E-state index in [1.165, 1.54) is 0 Å². The van der Waals surface area contributed by atoms with Crippen LogP contribution in [-0.4, -0.2) is 32.2 Å². The van der Waals surface area contributed by atoms with Crippen molar-refractivity contribution in [2.24, 2.45) is 5.73 Å². The molecule has 0 amide bonds. The summed E-state index contributed by atoms with van der Waals surface area (Å²) < 4.78 is 2.05. The van der Waals surface area contributed by atoms with Crippen LogP contribution in [0.1, 0.15) is 32.0 Å². The zero-order valence-electron chi connectivity index (χ0n) is 9.72. The average molecular weight is 244 g/mol. The number of unbranched alkanes of at least 4 members (excludes halogenated alkanes) is 2. The van der Waals surface area contributed by atoms with Gasteiger partial charge >= 0.3 is 0 Å². The summed E-state index contributed by atoms with van der Waals surface area (Å²) in [4.78, 5) is 0. The van der Waals surface area contributed by atoms with Crippen molar-refractivity contribution in [1.82, 2.24) is 14.8 Å². The van der Waals surface area contributed by atoms with Gasteiger partial charge in [-0.3, -0.25) is 0 Å². The van der Waals surface area contributed by atoms with Crippen molar-refractivity contribution in [2.75, 3.05) is 12.4 Å². The molecular weight excluding hydrogens is 224 g/mol. The molecule has 0 aromatic carbocycles. The first-order valence-electron chi connectivity index (χ1n) is 5.69. The summed E-state index contributed by atoms with van der Waals surface area (Å²) in [7, 11) is 0. The molecule has 5 nitrogen and oxygen atoms in total. The van der Waals surface area contributed by atoms with E-state index in [1.54, 1.807) is 11.8 Å². The van der Waals surface area contributed by atoms with Gasteiger partial charge in [0.05, 0.1) is 6.54 Å². The minimum Gasteiger partial charge on any atom is -0.396 e. The summed E-state index contributed by atoms with van der Waals surface area (Å²) in [6, 6.07) is 0. The predicted molar refractivity (Wildman–Crippen MR) is 65.2 cm³/mol. The molecule has 0 aliphatic carbocycles. The van der Waals surface area contributed by atoms with E-state index in [-0.39, 0.29) is 6.61 Å². The van der Waals surface area contributed by atoms with Gasteiger partial charge in [-0.05, 0) is 19.8 Å². The average Bonchev–Trinajstić information content (AvgIpc) is 2.71. The molecular formula is C10H20N4OS. The maximum atomic E-state index is 8.65. The molecule has 0 atom stereocenters. The molecule has 3 N–H and O–H groups in total. The first-order valence-corrected chi connectivity index (χ1v) is 6.67. The van der Waals surface area contributed by atoms with Crippen LogP contribution in [0.5, 0.6) is 0 Å². The van der Waals surface area contributed by atoms with Crippen molar-refractivity contribution in [1.29, 1.82) is 0 Å². The number of hydrogen-bond acceptors (Lipinski definition) is 5. The van der Waals surface area contributed by atoms with Crippen LogP contribution in [0.4, 0.5) is 0 Å². The zero-order valence-corrected chi connectivity index (χ0v) is 10.5. The quantitative estimate of drug-likeness (QED) is 0.527. The molecule has 0 aliphatic rings. The minimum atomic E-state index is 0.285. The Morgan fingerprint density at radius 2 is 2.12 bits per heavy atom. The summed E-state index contributed by atoms with van der Waals surface area (Å²) in [5.41, 5.74) is 5.57. The second-order valence-electron chi connectivity index (χ2n) is 3.48. The van der Waals surface area contributed by atoms with E-state index in [0.29, 0.717) is 6.54 Å². The highest BCUT2D eigenvalue weighted by molar-refractivity contribution is 7.99. The van der Waals surface area contributed by atoms with E-state index in [9.17, 15) is 0 Å². The monoisotopic (exact) mass is 244 g/mol. The van der Waals surface area contributed by atoms with Gasteiger partial charge in [-0.25, -0.2) is 0 Å². The Hall–Kier alpha value is -0.590. The maximum absolute atomic E-state index is 8.65. The first kappa shape index (κ1) is 13.5. The Bertz CT molecular complexity index is 303. The smallest absolute Gasteiger partial charge is 0.191 e. The van der Waals surface area contributed by atoms with E-state index < -0.39 is 0 Å². The SMILES string of the molecule is CCn1c(CN)nnc1SCCCCCO. The largest absolute Gasteiger partial charge is 0.396 e. The van der Waals surface area contributed by atoms with Crippen molar-refractivity contribution >= 4 is 11.8 Å². The third-order valence-electron chi connectivity index (χ3n) is 2.33. The van der Waals surface area contributed by atoms with E-state index in [2.05, 4.69) is 21.7 Å². The van der Waals surface area contributed by atoms with Crippen LogP contribution < -0.4 is 5.73 Å². The summed E-state index contributed by atoms with van der Waals surface area (Å²) in [5, 5.41) is 17.8. The van der Waals surface area contributed by atoms with Crippen LogP contribution in [0.25, 0.3) is 0 Å². The van der Waals surface area contributed by atoms with Gasteiger partial charge in [-0.1, -0.05) is 18.2 Å². The van der Waals surface area contributed by atoms with E-state index >= 15 is 0 Å². The van der Waals surface area contributed by atoms with Crippen LogP contribution in [0.2, 0.25) is 0 Å². The lowest BCUT2D eigenvalue weighted by Gasteiger charge is -2.05. The molecule has 0 saturated carbocycles. The van der Waals surface area contributed by atoms with Crippen molar-refractivity contribution in [3.05, 3.63) is 5.82 Å². The lowest BCUT2D eigenvalue weighted by atomic mass is 10.3. The van der Waals surface area contributed by atoms with Crippen molar-refractivity contribution in [3.8, 4) is 0 Å². The number of nitrogens with zero attached hydrogens (tertiary/aromatic N) is 3. The van der Waals surface area contributed by atoms with Crippen molar-refractivity contribution in [2.45, 2.75) is 44.4 Å². The number of rotatable bonds is 8. The van der Waals surface area contributed by atoms with Gasteiger partial charge in [0.2, 0.25) is 0 Å². The Labute approximate surface area is 100 Å². The van der Waals surface area contributed by atoms with Gasteiger partial charge in [0.15, 0.2) is 5.16 Å². The van der Waals surface area contributed by atoms with Crippen LogP contribution in [0.15, 0.2) is 5.16 Å². The molecule has 92 valence electrons. The molecule has 1 aromatic rings. The van der Waals surface area contributed by atoms with E-state index in [1.807, 2.05) is 0 Å². The number of thioether (sulfide) groups is 1. The molecule has 1 heterocycles. The molecule has 0 saturated heterocycles. The fourth-order valence-corrected chi connectivity index (χ4v) is 2.47. The summed E-state index contributed by atoms with van der Waals surface area (Å²) in [6.45, 7) is 3.65. The second kappa shape index (κ2) is 7.65. The Morgan fingerprint density at radius 1 is 1.31 bits per heavy atom. The van der Waals surface area contributed by atoms with Gasteiger partial charge in [0, 0.05) is 18.9 Å². The lowest BCUT2D eigenvalue weighted by molar-refractivity contribution is 0.284. The van der Waals surface area contributed by atoms with E-state index in [0.717, 1.165) is 42.5 Å². The number of aliphatic hydroxyl groups is 1. The fourth-order valence-electron chi connectivity index (χ4n) is 1.45. The maximum Gasteiger partial charge on any atom is 0.191 e. The van der Waals surface area contributed by atoms with E-state index in [4.69, 9.17) is 10.8 Å². The van der Waals surface area contributed by atoms with Gasteiger partial charge in [0.25, 0.3) is 0 Å². The Kier molecular flexibility index (Phi) is 6.44. The number of hydrogen-bond donors (Lipinski definition) is 2. The molecule has 1 aromatic heterocycles. The molecule has 0 spiro atoms. The molecule has 0 unspecified atom stereocenters. The standard InChI is InChI=1S/C10H20N4OS/c1-2-14-9(8-11)12-13-10(14)16-7-5-3-4-6-15/h15H,2-8,11H2,1H3. The molecule has 0 bridgehead atoms. The van der Waals surface area contributed by atoms with Crippen LogP contribution in [-0.2, 0) is 13.1 Å². The molecule has 0 aliphatic heterocycles. The summed E-state index contributed by atoms with van der Waals surface area (Å²) in [6.07, 6.45) is 3.04. The number of nitrogens with two attached hydrogens (primary N) is 1. The van der Waals surface area contributed by atoms with Crippen LogP contribution >= 0.6 is 11.8 Å². The topological polar surface area (TPSA) is 77.0 Å². The first-order chi connectivity index (χ1) is 7.83. The third kappa shape index (κ3) is 3.77. The van der Waals surface area contributed by atoms with Crippen molar-refractivity contribution < 1.29 is 5.11 Å². The minimum absolute atomic E-state index is 0.285. The molecule has 6 heteroatoms. The molecule has 1 rings (SSSR count). The fraction of sp³-hybridized carbons (Fsp3) is 0.800. The van der Waals surface area contributed by atoms with Gasteiger partial charge in [-0.15, -0.1) is 10.2 Å². The number of aliphatic hydroxyl groups excluding tert-OH is 1. The molecule has 16 heavy (non-hydrogen) atoms. The van der Waals surface area contributed by atoms with Crippen LogP contribution in [0, 0.1) is 0 Å². The normalized spacial score (nSPS) is 10.9. The Morgan fingerprint density at radius 3 is 2.75 bits per heavy atom. The second-order valence-corrected chi connectivity index (χ2v) is 4.54. The zero-order chi connectivity index (χ0) is 11.8. The highest BCUT2D eigenvalue weighted by Crippen LogP contribution is 2.18. The third-order valence-corrected chi connectivity index (χ3v) is 3.38. The summed E-state index contributed by atoms with van der Waals surface area (Å²) in [5.74, 6) is 1.86. The number of aromatic nitrogens is 3. The van der Waals surface area contributed by atoms with Crippen LogP contribution in [0.3, 0.4) is 0 Å². The van der Waals surface area contributed by atoms with Crippen molar-refractivity contribution in [3.63, 3.8) is 0 Å². The highest BCUT2D eigenvalue weighted by Gasteiger charge is 2.08. The summed E-state index contributed by atoms with van der Waals surface area (Å²) >= 11 is 1.71.